The van der Waals surface area contributed by atoms with Gasteiger partial charge in [-0.15, -0.1) is 0 Å². The molecule has 9 amide bonds. The van der Waals surface area contributed by atoms with Crippen molar-refractivity contribution in [2.75, 3.05) is 19.6 Å². The molecular weight excluding hydrogens is 1140 g/mol. The first kappa shape index (κ1) is 67.3. The van der Waals surface area contributed by atoms with Crippen LogP contribution in [0, 0.1) is 17.8 Å². The zero-order valence-corrected chi connectivity index (χ0v) is 51.5. The molecule has 13 N–H and O–H groups in total. The van der Waals surface area contributed by atoms with Crippen LogP contribution in [0.4, 0.5) is 4.79 Å². The van der Waals surface area contributed by atoms with E-state index >= 15 is 0 Å². The van der Waals surface area contributed by atoms with E-state index in [9.17, 15) is 58.2 Å². The normalized spacial score (nSPS) is 15.7. The van der Waals surface area contributed by atoms with Crippen LogP contribution in [0.2, 0.25) is 0 Å². The molecule has 0 aliphatic carbocycles. The van der Waals surface area contributed by atoms with Gasteiger partial charge >= 0.3 is 18.0 Å². The van der Waals surface area contributed by atoms with Crippen molar-refractivity contribution in [3.8, 4) is 0 Å². The third-order valence-corrected chi connectivity index (χ3v) is 16.7. The van der Waals surface area contributed by atoms with E-state index in [1.807, 2.05) is 72.8 Å². The van der Waals surface area contributed by atoms with Crippen LogP contribution in [0.15, 0.2) is 91.4 Å². The summed E-state index contributed by atoms with van der Waals surface area (Å²) in [5, 5.41) is 44.5. The number of aromatic nitrogens is 3. The molecule has 1 aliphatic heterocycles. The van der Waals surface area contributed by atoms with Crippen molar-refractivity contribution in [3.63, 3.8) is 0 Å². The molecular formula is C65H86N12O12. The van der Waals surface area contributed by atoms with Gasteiger partial charge < -0.3 is 72.6 Å². The van der Waals surface area contributed by atoms with Crippen LogP contribution in [-0.2, 0) is 62.4 Å². The number of para-hydroxylation sites is 3. The Balaban J connectivity index is 1.09. The van der Waals surface area contributed by atoms with Crippen molar-refractivity contribution >= 4 is 92.0 Å². The van der Waals surface area contributed by atoms with Gasteiger partial charge in [-0.3, -0.25) is 38.4 Å². The first-order valence-corrected chi connectivity index (χ1v) is 30.9. The number of H-pyrrole nitrogens is 3. The molecule has 3 aromatic heterocycles. The fourth-order valence-electron chi connectivity index (χ4n) is 11.2. The molecule has 3 aromatic carbocycles. The van der Waals surface area contributed by atoms with Gasteiger partial charge in [-0.2, -0.15) is 0 Å². The fourth-order valence-corrected chi connectivity index (χ4v) is 11.2. The number of hydrogen-bond donors (Lipinski definition) is 13. The third kappa shape index (κ3) is 18.7. The number of urea groups is 1. The summed E-state index contributed by atoms with van der Waals surface area (Å²) in [6.45, 7) is 11.7. The quantitative estimate of drug-likeness (QED) is 0.0266. The van der Waals surface area contributed by atoms with Gasteiger partial charge in [0.25, 0.3) is 0 Å². The maximum atomic E-state index is 14.9. The van der Waals surface area contributed by atoms with Crippen molar-refractivity contribution in [2.24, 2.45) is 17.8 Å². The molecule has 4 heterocycles. The van der Waals surface area contributed by atoms with Crippen LogP contribution in [0.1, 0.15) is 116 Å². The average molecular weight is 1230 g/mol. The smallest absolute Gasteiger partial charge is 0.326 e. The molecule has 24 nitrogen and oxygen atoms in total. The van der Waals surface area contributed by atoms with Crippen LogP contribution in [-0.4, -0.2) is 151 Å². The molecule has 24 heteroatoms. The molecule has 1 aliphatic rings. The summed E-state index contributed by atoms with van der Waals surface area (Å²) >= 11 is 0. The fraction of sp³-hybridized carbons (Fsp3) is 0.477. The summed E-state index contributed by atoms with van der Waals surface area (Å²) in [7, 11) is 0. The number of carboxylic acid groups (broad SMARTS) is 2. The monoisotopic (exact) mass is 1230 g/mol. The van der Waals surface area contributed by atoms with Crippen molar-refractivity contribution in [1.29, 1.82) is 0 Å². The SMILES string of the molecule is CC[C@H](C)[C@H](NC(=O)[C@H](CC(=O)O)NC(=O)[C@H](CC(C)C)NC(=O)[C@@H](Cc1c[nH]c2ccccc12)NC(=O)[C@@H](Cc1c[nH]c2ccccc12)NC(=O)CCNC(=O)N1CCCCCC1)C(=O)N[C@H](C(=O)N[C@@H](Cc1c[nH]c2ccccc12)C(=O)O)[C@@H](C)CC. The van der Waals surface area contributed by atoms with Crippen molar-refractivity contribution in [1.82, 2.24) is 62.4 Å². The zero-order valence-electron chi connectivity index (χ0n) is 51.5. The molecule has 0 bridgehead atoms. The minimum atomic E-state index is -1.81. The molecule has 0 unspecified atom stereocenters. The number of nitrogens with one attached hydrogen (secondary N) is 11. The first-order chi connectivity index (χ1) is 42.6. The summed E-state index contributed by atoms with van der Waals surface area (Å²) in [6.07, 6.45) is 8.31. The summed E-state index contributed by atoms with van der Waals surface area (Å²) in [6, 6.07) is 11.9. The molecule has 9 atom stereocenters. The number of benzene rings is 3. The van der Waals surface area contributed by atoms with E-state index in [1.165, 1.54) is 0 Å². The van der Waals surface area contributed by atoms with Crippen LogP contribution in [0.3, 0.4) is 0 Å². The van der Waals surface area contributed by atoms with Gasteiger partial charge in [0.05, 0.1) is 6.42 Å². The summed E-state index contributed by atoms with van der Waals surface area (Å²) in [5.74, 6) is -9.91. The summed E-state index contributed by atoms with van der Waals surface area (Å²) < 4.78 is 0. The number of rotatable bonds is 31. The Morgan fingerprint density at radius 1 is 0.483 bits per heavy atom. The highest BCUT2D eigenvalue weighted by molar-refractivity contribution is 5.99. The highest BCUT2D eigenvalue weighted by atomic mass is 16.4. The summed E-state index contributed by atoms with van der Waals surface area (Å²) in [4.78, 5) is 150. The number of carboxylic acids is 2. The molecule has 0 saturated carbocycles. The number of fused-ring (bicyclic) bond motifs is 3. The second-order valence-electron chi connectivity index (χ2n) is 23.7. The Hall–Kier alpha value is -9.22. The number of aromatic amines is 3. The minimum Gasteiger partial charge on any atom is -0.481 e. The second-order valence-corrected chi connectivity index (χ2v) is 23.7. The molecule has 1 saturated heterocycles. The lowest BCUT2D eigenvalue weighted by molar-refractivity contribution is -0.142. The largest absolute Gasteiger partial charge is 0.481 e. The Kier molecular flexibility index (Phi) is 24.3. The summed E-state index contributed by atoms with van der Waals surface area (Å²) in [5.41, 5.74) is 4.29. The molecule has 0 radical (unpaired) electrons. The Morgan fingerprint density at radius 3 is 1.34 bits per heavy atom. The molecule has 6 aromatic rings. The maximum absolute atomic E-state index is 14.9. The number of carbonyl (C=O) groups excluding carboxylic acids is 8. The first-order valence-electron chi connectivity index (χ1n) is 30.9. The maximum Gasteiger partial charge on any atom is 0.326 e. The Bertz CT molecular complexity index is 3450. The number of hydrogen-bond acceptors (Lipinski definition) is 10. The average Bonchev–Trinajstić information content (AvgIpc) is 4.29. The molecule has 1 fully saturated rings. The third-order valence-electron chi connectivity index (χ3n) is 16.7. The lowest BCUT2D eigenvalue weighted by atomic mass is 9.94. The van der Waals surface area contributed by atoms with Crippen molar-refractivity contribution in [2.45, 2.75) is 161 Å². The standard InChI is InChI=1S/C65H86N12O12/c1-7-38(5)56(62(85)74-53(64(87)88)32-42-36-69-48-24-16-13-21-45(42)48)76-63(86)57(39(6)8-2)75-61(84)52(33-55(79)80)73-58(81)49(29-37(3)4)71-60(83)51(31-41-35-68-47-23-15-12-20-44(41)47)72-59(82)50(30-40-34-67-46-22-14-11-19-43(40)46)70-54(78)25-26-66-65(89)77-27-17-9-10-18-28-77/h11-16,19-24,34-39,49-53,56-57,67-69H,7-10,17-18,25-33H2,1-6H3,(H,66,89)(H,70,78)(H,71,83)(H,72,82)(H,73,81)(H,74,85)(H,75,84)(H,76,86)(H,79,80)(H,87,88)/t38-,39-,49-,50+,51+,52-,53-,56-,57-/m0/s1. The molecule has 478 valence electrons. The topological polar surface area (TPSA) is 358 Å². The molecule has 89 heavy (non-hydrogen) atoms. The second kappa shape index (κ2) is 32.1. The van der Waals surface area contributed by atoms with Gasteiger partial charge in [0.1, 0.15) is 42.3 Å². The Labute approximate surface area is 517 Å². The number of aliphatic carboxylic acids is 2. The van der Waals surface area contributed by atoms with Gasteiger partial charge in [0.2, 0.25) is 41.4 Å². The van der Waals surface area contributed by atoms with Crippen LogP contribution < -0.4 is 42.5 Å². The van der Waals surface area contributed by atoms with E-state index in [4.69, 9.17) is 0 Å². The van der Waals surface area contributed by atoms with Gasteiger partial charge in [0.15, 0.2) is 0 Å². The minimum absolute atomic E-state index is 0.00157. The lowest BCUT2D eigenvalue weighted by Crippen LogP contribution is -2.62. The highest BCUT2D eigenvalue weighted by Crippen LogP contribution is 2.24. The zero-order chi connectivity index (χ0) is 64.3. The van der Waals surface area contributed by atoms with Crippen LogP contribution >= 0.6 is 0 Å². The van der Waals surface area contributed by atoms with Gasteiger partial charge in [-0.25, -0.2) is 9.59 Å². The molecule has 0 spiro atoms. The number of likely N-dealkylation sites (tertiary alicyclic amines) is 1. The lowest BCUT2D eigenvalue weighted by Gasteiger charge is -2.31. The van der Waals surface area contributed by atoms with E-state index in [1.54, 1.807) is 65.0 Å². The van der Waals surface area contributed by atoms with E-state index in [0.29, 0.717) is 42.6 Å². The molecule has 7 rings (SSSR count). The predicted molar refractivity (Wildman–Crippen MR) is 336 cm³/mol. The van der Waals surface area contributed by atoms with E-state index in [-0.39, 0.29) is 50.6 Å². The van der Waals surface area contributed by atoms with Crippen LogP contribution in [0.5, 0.6) is 0 Å². The number of nitrogens with zero attached hydrogens (tertiary/aromatic N) is 1. The Morgan fingerprint density at radius 2 is 0.876 bits per heavy atom. The van der Waals surface area contributed by atoms with E-state index < -0.39 is 114 Å². The highest BCUT2D eigenvalue weighted by Gasteiger charge is 2.38. The van der Waals surface area contributed by atoms with Crippen LogP contribution in [0.25, 0.3) is 32.7 Å². The number of amides is 9. The van der Waals surface area contributed by atoms with Crippen molar-refractivity contribution in [3.05, 3.63) is 108 Å². The van der Waals surface area contributed by atoms with Crippen molar-refractivity contribution < 1.29 is 58.2 Å². The predicted octanol–water partition coefficient (Wildman–Crippen LogP) is 5.23. The van der Waals surface area contributed by atoms with Gasteiger partial charge in [-0.05, 0) is 71.9 Å². The van der Waals surface area contributed by atoms with Gasteiger partial charge in [0, 0.05) is 96.6 Å². The van der Waals surface area contributed by atoms with Gasteiger partial charge in [-0.1, -0.05) is 122 Å². The number of carbonyl (C=O) groups is 10. The van der Waals surface area contributed by atoms with E-state index in [0.717, 1.165) is 58.4 Å². The van der Waals surface area contributed by atoms with E-state index in [2.05, 4.69) is 57.5 Å².